The van der Waals surface area contributed by atoms with Gasteiger partial charge in [-0.15, -0.1) is 9.24 Å². The predicted molar refractivity (Wildman–Crippen MR) is 62.0 cm³/mol. The SMILES string of the molecule is CCCC(C)(P)C1C2CCCC1C2. The average Bonchev–Trinajstić information content (AvgIpc) is 2.04. The molecule has 1 heteroatoms. The zero-order chi connectivity index (χ0) is 9.47. The molecule has 3 rings (SSSR count). The molecule has 0 aromatic carbocycles. The second kappa shape index (κ2) is 3.54. The molecule has 3 saturated carbocycles. The minimum Gasteiger partial charge on any atom is -0.131 e. The third-order valence-electron chi connectivity index (χ3n) is 4.32. The van der Waals surface area contributed by atoms with E-state index < -0.39 is 0 Å². The second-order valence-electron chi connectivity index (χ2n) is 5.47. The van der Waals surface area contributed by atoms with Gasteiger partial charge in [0.25, 0.3) is 0 Å². The molecule has 0 aliphatic heterocycles. The summed E-state index contributed by atoms with van der Waals surface area (Å²) in [6.07, 6.45) is 8.85. The van der Waals surface area contributed by atoms with Crippen molar-refractivity contribution in [1.82, 2.24) is 0 Å². The number of hydrogen-bond acceptors (Lipinski definition) is 0. The molecule has 3 aliphatic rings. The van der Waals surface area contributed by atoms with E-state index in [4.69, 9.17) is 0 Å². The average molecular weight is 198 g/mol. The third-order valence-corrected chi connectivity index (χ3v) is 4.99. The van der Waals surface area contributed by atoms with Crippen LogP contribution in [0.4, 0.5) is 0 Å². The minimum absolute atomic E-state index is 0.558. The zero-order valence-electron chi connectivity index (χ0n) is 9.05. The van der Waals surface area contributed by atoms with E-state index in [2.05, 4.69) is 23.1 Å². The van der Waals surface area contributed by atoms with Gasteiger partial charge in [0.2, 0.25) is 0 Å². The Labute approximate surface area is 85.1 Å². The first-order valence-electron chi connectivity index (χ1n) is 5.94. The van der Waals surface area contributed by atoms with Crippen LogP contribution in [0.2, 0.25) is 0 Å². The van der Waals surface area contributed by atoms with E-state index in [1.807, 2.05) is 0 Å². The van der Waals surface area contributed by atoms with Gasteiger partial charge in [0.05, 0.1) is 0 Å². The topological polar surface area (TPSA) is 0 Å². The number of rotatable bonds is 3. The molecule has 0 amide bonds. The lowest BCUT2D eigenvalue weighted by molar-refractivity contribution is -0.0129. The maximum Gasteiger partial charge on any atom is -0.0145 e. The lowest BCUT2D eigenvalue weighted by atomic mass is 9.53. The lowest BCUT2D eigenvalue weighted by Crippen LogP contribution is -2.50. The van der Waals surface area contributed by atoms with E-state index in [0.29, 0.717) is 5.16 Å². The van der Waals surface area contributed by atoms with Crippen molar-refractivity contribution in [2.75, 3.05) is 0 Å². The molecule has 4 unspecified atom stereocenters. The van der Waals surface area contributed by atoms with Crippen LogP contribution in [0.15, 0.2) is 0 Å². The van der Waals surface area contributed by atoms with E-state index >= 15 is 0 Å². The summed E-state index contributed by atoms with van der Waals surface area (Å²) in [6.45, 7) is 4.78. The molecule has 0 spiro atoms. The molecule has 3 fully saturated rings. The molecule has 0 nitrogen and oxygen atoms in total. The second-order valence-corrected chi connectivity index (χ2v) is 6.79. The smallest absolute Gasteiger partial charge is 0.0145 e. The standard InChI is InChI=1S/C12H23P/c1-3-7-12(2,13)11-9-5-4-6-10(11)8-9/h9-11H,3-8,13H2,1-2H3. The Hall–Kier alpha value is 0.430. The van der Waals surface area contributed by atoms with Crippen LogP contribution in [-0.4, -0.2) is 5.16 Å². The van der Waals surface area contributed by atoms with E-state index in [0.717, 1.165) is 17.8 Å². The first-order valence-corrected chi connectivity index (χ1v) is 6.52. The molecule has 0 saturated heterocycles. The van der Waals surface area contributed by atoms with Crippen molar-refractivity contribution in [3.05, 3.63) is 0 Å². The van der Waals surface area contributed by atoms with Crippen molar-refractivity contribution in [2.24, 2.45) is 17.8 Å². The molecule has 0 heterocycles. The summed E-state index contributed by atoms with van der Waals surface area (Å²) in [4.78, 5) is 0. The van der Waals surface area contributed by atoms with Gasteiger partial charge in [-0.05, 0) is 35.8 Å². The monoisotopic (exact) mass is 198 g/mol. The van der Waals surface area contributed by atoms with Crippen molar-refractivity contribution in [1.29, 1.82) is 0 Å². The maximum absolute atomic E-state index is 3.16. The summed E-state index contributed by atoms with van der Waals surface area (Å²) in [5.74, 6) is 3.23. The fraction of sp³-hybridized carbons (Fsp3) is 1.00. The van der Waals surface area contributed by atoms with E-state index in [-0.39, 0.29) is 0 Å². The predicted octanol–water partition coefficient (Wildman–Crippen LogP) is 3.86. The molecule has 0 aromatic rings. The molecule has 0 N–H and O–H groups in total. The van der Waals surface area contributed by atoms with Crippen molar-refractivity contribution >= 4 is 9.24 Å². The highest BCUT2D eigenvalue weighted by Gasteiger charge is 2.50. The Morgan fingerprint density at radius 2 is 1.92 bits per heavy atom. The quantitative estimate of drug-likeness (QED) is 0.604. The molecular weight excluding hydrogens is 175 g/mol. The normalized spacial score (nSPS) is 42.2. The highest BCUT2D eigenvalue weighted by molar-refractivity contribution is 7.19. The van der Waals surface area contributed by atoms with E-state index in [9.17, 15) is 0 Å². The third kappa shape index (κ3) is 1.67. The summed E-state index contributed by atoms with van der Waals surface area (Å²) in [5.41, 5.74) is 0. The van der Waals surface area contributed by atoms with Crippen LogP contribution in [0.25, 0.3) is 0 Å². The van der Waals surface area contributed by atoms with Gasteiger partial charge < -0.3 is 0 Å². The summed E-state index contributed by atoms with van der Waals surface area (Å²) >= 11 is 0. The van der Waals surface area contributed by atoms with E-state index in [1.54, 1.807) is 6.42 Å². The molecule has 76 valence electrons. The van der Waals surface area contributed by atoms with Crippen LogP contribution in [0.3, 0.4) is 0 Å². The zero-order valence-corrected chi connectivity index (χ0v) is 10.2. The van der Waals surface area contributed by atoms with Crippen LogP contribution in [0.1, 0.15) is 52.4 Å². The Morgan fingerprint density at radius 3 is 2.38 bits per heavy atom. The molecule has 4 atom stereocenters. The van der Waals surface area contributed by atoms with Crippen LogP contribution < -0.4 is 0 Å². The lowest BCUT2D eigenvalue weighted by Gasteiger charge is -2.56. The van der Waals surface area contributed by atoms with Gasteiger partial charge in [-0.3, -0.25) is 0 Å². The maximum atomic E-state index is 3.16. The Morgan fingerprint density at radius 1 is 1.31 bits per heavy atom. The largest absolute Gasteiger partial charge is 0.131 e. The summed E-state index contributed by atoms with van der Waals surface area (Å²) in [7, 11) is 3.16. The van der Waals surface area contributed by atoms with Gasteiger partial charge in [-0.2, -0.15) is 0 Å². The van der Waals surface area contributed by atoms with Crippen molar-refractivity contribution in [3.8, 4) is 0 Å². The molecule has 0 aromatic heterocycles. The van der Waals surface area contributed by atoms with Gasteiger partial charge in [-0.1, -0.05) is 39.5 Å². The fourth-order valence-electron chi connectivity index (χ4n) is 3.89. The molecule has 13 heavy (non-hydrogen) atoms. The fourth-order valence-corrected chi connectivity index (χ4v) is 4.72. The highest BCUT2D eigenvalue weighted by atomic mass is 31.0. The number of hydrogen-bond donors (Lipinski definition) is 0. The van der Waals surface area contributed by atoms with Gasteiger partial charge in [0, 0.05) is 0 Å². The van der Waals surface area contributed by atoms with E-state index in [1.165, 1.54) is 32.1 Å². The van der Waals surface area contributed by atoms with Gasteiger partial charge in [0.1, 0.15) is 0 Å². The van der Waals surface area contributed by atoms with Gasteiger partial charge in [0.15, 0.2) is 0 Å². The summed E-state index contributed by atoms with van der Waals surface area (Å²) in [5, 5.41) is 0.558. The Kier molecular flexibility index (Phi) is 2.71. The van der Waals surface area contributed by atoms with Crippen molar-refractivity contribution in [2.45, 2.75) is 57.5 Å². The van der Waals surface area contributed by atoms with Gasteiger partial charge in [-0.25, -0.2) is 0 Å². The van der Waals surface area contributed by atoms with Crippen LogP contribution in [-0.2, 0) is 0 Å². The summed E-state index contributed by atoms with van der Waals surface area (Å²) < 4.78 is 0. The number of fused-ring (bicyclic) bond motifs is 2. The Bertz CT molecular complexity index is 172. The highest BCUT2D eigenvalue weighted by Crippen LogP contribution is 2.58. The molecule has 0 radical (unpaired) electrons. The van der Waals surface area contributed by atoms with Crippen molar-refractivity contribution in [3.63, 3.8) is 0 Å². The van der Waals surface area contributed by atoms with Crippen molar-refractivity contribution < 1.29 is 0 Å². The molecule has 2 bridgehead atoms. The molecule has 3 aliphatic carbocycles. The van der Waals surface area contributed by atoms with Crippen LogP contribution in [0.5, 0.6) is 0 Å². The van der Waals surface area contributed by atoms with Crippen LogP contribution in [0, 0.1) is 17.8 Å². The Balaban J connectivity index is 2.00. The van der Waals surface area contributed by atoms with Gasteiger partial charge >= 0.3 is 0 Å². The summed E-state index contributed by atoms with van der Waals surface area (Å²) in [6, 6.07) is 0. The van der Waals surface area contributed by atoms with Crippen LogP contribution >= 0.6 is 9.24 Å². The first-order chi connectivity index (χ1) is 6.15. The first kappa shape index (κ1) is 9.97. The minimum atomic E-state index is 0.558. The molecular formula is C12H23P.